The van der Waals surface area contributed by atoms with Gasteiger partial charge in [-0.2, -0.15) is 0 Å². The molecule has 0 amide bonds. The molecule has 0 saturated carbocycles. The number of hydrogen-bond acceptors (Lipinski definition) is 7. The predicted octanol–water partition coefficient (Wildman–Crippen LogP) is 3.22. The fourth-order valence-electron chi connectivity index (χ4n) is 2.47. The maximum Gasteiger partial charge on any atom is 0.349 e. The van der Waals surface area contributed by atoms with Crippen LogP contribution in [0.15, 0.2) is 62.2 Å². The average Bonchev–Trinajstić information content (AvgIpc) is 3.11. The second kappa shape index (κ2) is 5.79. The van der Waals surface area contributed by atoms with Crippen LogP contribution in [0.2, 0.25) is 0 Å². The van der Waals surface area contributed by atoms with Crippen LogP contribution in [-0.4, -0.2) is 22.4 Å². The summed E-state index contributed by atoms with van der Waals surface area (Å²) in [5.41, 5.74) is 0.665. The second-order valence-electron chi connectivity index (χ2n) is 5.28. The molecule has 0 aliphatic rings. The van der Waals surface area contributed by atoms with Gasteiger partial charge in [0.1, 0.15) is 11.1 Å². The Labute approximate surface area is 141 Å². The number of rotatable bonds is 3. The molecule has 2 heterocycles. The van der Waals surface area contributed by atoms with Gasteiger partial charge in [-0.05, 0) is 30.3 Å². The number of aromatic hydroxyl groups is 1. The molecule has 0 saturated heterocycles. The lowest BCUT2D eigenvalue weighted by Gasteiger charge is -2.03. The first-order chi connectivity index (χ1) is 12.2. The van der Waals surface area contributed by atoms with Gasteiger partial charge in [0.25, 0.3) is 5.89 Å². The van der Waals surface area contributed by atoms with E-state index in [4.69, 9.17) is 13.6 Å². The molecular formula is C18H12N2O5. The van der Waals surface area contributed by atoms with Crippen LogP contribution in [0.3, 0.4) is 0 Å². The highest BCUT2D eigenvalue weighted by Crippen LogP contribution is 2.31. The van der Waals surface area contributed by atoms with E-state index >= 15 is 0 Å². The van der Waals surface area contributed by atoms with Gasteiger partial charge < -0.3 is 18.7 Å². The summed E-state index contributed by atoms with van der Waals surface area (Å²) in [5, 5.41) is 18.3. The molecule has 0 spiro atoms. The summed E-state index contributed by atoms with van der Waals surface area (Å²) in [5.74, 6) is 0.533. The van der Waals surface area contributed by atoms with Crippen LogP contribution in [0, 0.1) is 0 Å². The molecule has 0 unspecified atom stereocenters. The molecule has 0 radical (unpaired) electrons. The molecule has 7 nitrogen and oxygen atoms in total. The van der Waals surface area contributed by atoms with Crippen LogP contribution >= 0.6 is 0 Å². The second-order valence-corrected chi connectivity index (χ2v) is 5.28. The van der Waals surface area contributed by atoms with Crippen LogP contribution in [0.4, 0.5) is 0 Å². The Morgan fingerprint density at radius 3 is 2.64 bits per heavy atom. The van der Waals surface area contributed by atoms with E-state index < -0.39 is 5.63 Å². The number of fused-ring (bicyclic) bond motifs is 1. The van der Waals surface area contributed by atoms with Gasteiger partial charge in [-0.1, -0.05) is 18.2 Å². The number of phenolic OH excluding ortho intramolecular Hbond substituents is 1. The van der Waals surface area contributed by atoms with Crippen LogP contribution < -0.4 is 10.4 Å². The highest BCUT2D eigenvalue weighted by atomic mass is 16.5. The summed E-state index contributed by atoms with van der Waals surface area (Å²) in [6.45, 7) is 0. The Hall–Kier alpha value is -3.61. The minimum absolute atomic E-state index is 0.00108. The standard InChI is InChI=1S/C18H12N2O5/c1-23-15-9-11(6-7-13(15)21)16-19-20-17(25-16)12-8-10-4-2-3-5-14(10)24-18(12)22/h2-9,21H,1H3. The fourth-order valence-corrected chi connectivity index (χ4v) is 2.47. The van der Waals surface area contributed by atoms with E-state index in [-0.39, 0.29) is 28.8 Å². The molecule has 4 aromatic rings. The van der Waals surface area contributed by atoms with E-state index in [1.165, 1.54) is 13.2 Å². The van der Waals surface area contributed by atoms with Crippen molar-refractivity contribution in [3.8, 4) is 34.4 Å². The van der Waals surface area contributed by atoms with E-state index in [2.05, 4.69) is 10.2 Å². The van der Waals surface area contributed by atoms with Crippen molar-refractivity contribution in [3.63, 3.8) is 0 Å². The maximum atomic E-state index is 12.2. The number of phenols is 1. The normalized spacial score (nSPS) is 10.9. The number of para-hydroxylation sites is 1. The Morgan fingerprint density at radius 1 is 1.00 bits per heavy atom. The van der Waals surface area contributed by atoms with Crippen molar-refractivity contribution in [2.24, 2.45) is 0 Å². The van der Waals surface area contributed by atoms with E-state index in [0.717, 1.165) is 5.39 Å². The van der Waals surface area contributed by atoms with Crippen molar-refractivity contribution in [2.75, 3.05) is 7.11 Å². The summed E-state index contributed by atoms with van der Waals surface area (Å²) in [6, 6.07) is 13.4. The average molecular weight is 336 g/mol. The summed E-state index contributed by atoms with van der Waals surface area (Å²) in [6.07, 6.45) is 0. The molecule has 124 valence electrons. The van der Waals surface area contributed by atoms with Crippen molar-refractivity contribution < 1.29 is 18.7 Å². The zero-order valence-corrected chi connectivity index (χ0v) is 13.1. The van der Waals surface area contributed by atoms with Gasteiger partial charge in [0.15, 0.2) is 11.5 Å². The first-order valence-corrected chi connectivity index (χ1v) is 7.40. The van der Waals surface area contributed by atoms with E-state index in [1.54, 1.807) is 30.3 Å². The smallest absolute Gasteiger partial charge is 0.349 e. The van der Waals surface area contributed by atoms with Gasteiger partial charge in [0.2, 0.25) is 5.89 Å². The molecule has 7 heteroatoms. The number of methoxy groups -OCH3 is 1. The largest absolute Gasteiger partial charge is 0.504 e. The number of ether oxygens (including phenoxy) is 1. The molecule has 0 atom stereocenters. The van der Waals surface area contributed by atoms with Gasteiger partial charge in [-0.3, -0.25) is 0 Å². The van der Waals surface area contributed by atoms with E-state index in [9.17, 15) is 9.90 Å². The summed E-state index contributed by atoms with van der Waals surface area (Å²) in [7, 11) is 1.44. The van der Waals surface area contributed by atoms with Crippen molar-refractivity contribution in [3.05, 3.63) is 59.0 Å². The summed E-state index contributed by atoms with van der Waals surface area (Å²) < 4.78 is 15.9. The summed E-state index contributed by atoms with van der Waals surface area (Å²) in [4.78, 5) is 12.2. The Balaban J connectivity index is 1.79. The van der Waals surface area contributed by atoms with E-state index in [1.807, 2.05) is 12.1 Å². The molecule has 0 fully saturated rings. The van der Waals surface area contributed by atoms with Crippen molar-refractivity contribution >= 4 is 11.0 Å². The highest BCUT2D eigenvalue weighted by Gasteiger charge is 2.16. The first-order valence-electron chi connectivity index (χ1n) is 7.40. The van der Waals surface area contributed by atoms with Crippen molar-refractivity contribution in [2.45, 2.75) is 0 Å². The third kappa shape index (κ3) is 2.61. The van der Waals surface area contributed by atoms with Crippen LogP contribution in [0.5, 0.6) is 11.5 Å². The molecule has 2 aromatic heterocycles. The number of benzene rings is 2. The predicted molar refractivity (Wildman–Crippen MR) is 89.4 cm³/mol. The lowest BCUT2D eigenvalue weighted by Crippen LogP contribution is -2.02. The van der Waals surface area contributed by atoms with Crippen LogP contribution in [0.1, 0.15) is 0 Å². The number of nitrogens with zero attached hydrogens (tertiary/aromatic N) is 2. The van der Waals surface area contributed by atoms with Gasteiger partial charge in [-0.15, -0.1) is 10.2 Å². The fraction of sp³-hybridized carbons (Fsp3) is 0.0556. The number of aromatic nitrogens is 2. The maximum absolute atomic E-state index is 12.2. The topological polar surface area (TPSA) is 98.6 Å². The molecule has 2 aromatic carbocycles. The molecule has 0 bridgehead atoms. The van der Waals surface area contributed by atoms with Crippen LogP contribution in [0.25, 0.3) is 33.9 Å². The van der Waals surface area contributed by atoms with Crippen molar-refractivity contribution in [1.82, 2.24) is 10.2 Å². The molecule has 4 rings (SSSR count). The lowest BCUT2D eigenvalue weighted by atomic mass is 10.2. The van der Waals surface area contributed by atoms with Gasteiger partial charge in [0.05, 0.1) is 7.11 Å². The monoisotopic (exact) mass is 336 g/mol. The SMILES string of the molecule is COc1cc(-c2nnc(-c3cc4ccccc4oc3=O)o2)ccc1O. The quantitative estimate of drug-likeness (QED) is 0.573. The first kappa shape index (κ1) is 14.9. The third-order valence-electron chi connectivity index (χ3n) is 3.72. The summed E-state index contributed by atoms with van der Waals surface area (Å²) >= 11 is 0. The van der Waals surface area contributed by atoms with Crippen LogP contribution in [-0.2, 0) is 0 Å². The van der Waals surface area contributed by atoms with Gasteiger partial charge in [-0.25, -0.2) is 4.79 Å². The molecule has 0 aliphatic heterocycles. The van der Waals surface area contributed by atoms with Gasteiger partial charge >= 0.3 is 5.63 Å². The minimum Gasteiger partial charge on any atom is -0.504 e. The Kier molecular flexibility index (Phi) is 3.46. The Morgan fingerprint density at radius 2 is 1.80 bits per heavy atom. The zero-order chi connectivity index (χ0) is 17.4. The van der Waals surface area contributed by atoms with Gasteiger partial charge in [0, 0.05) is 10.9 Å². The third-order valence-corrected chi connectivity index (χ3v) is 3.72. The molecule has 1 N–H and O–H groups in total. The number of hydrogen-bond donors (Lipinski definition) is 1. The Bertz CT molecular complexity index is 1130. The van der Waals surface area contributed by atoms with Crippen molar-refractivity contribution in [1.29, 1.82) is 0 Å². The minimum atomic E-state index is -0.558. The highest BCUT2D eigenvalue weighted by molar-refractivity contribution is 5.80. The zero-order valence-electron chi connectivity index (χ0n) is 13.1. The van der Waals surface area contributed by atoms with E-state index in [0.29, 0.717) is 11.1 Å². The molecular weight excluding hydrogens is 324 g/mol. The molecule has 25 heavy (non-hydrogen) atoms. The lowest BCUT2D eigenvalue weighted by molar-refractivity contribution is 0.373. The molecule has 0 aliphatic carbocycles.